The standard InChI is InChI=1S/C18H20N2O3S/c21-18(19-16-9-5-2-6-10-16)17(15-7-3-1-4-8-15)20-11-13-24(22,23)14-12-20/h1-10,17H,11-14H2,(H,19,21)/t17-/m0/s1. The van der Waals surface area contributed by atoms with Crippen LogP contribution in [0.3, 0.4) is 0 Å². The van der Waals surface area contributed by atoms with E-state index in [4.69, 9.17) is 0 Å². The molecule has 1 heterocycles. The Morgan fingerprint density at radius 3 is 2.04 bits per heavy atom. The highest BCUT2D eigenvalue weighted by atomic mass is 32.2. The Bertz CT molecular complexity index is 778. The summed E-state index contributed by atoms with van der Waals surface area (Å²) in [6.07, 6.45) is 0. The van der Waals surface area contributed by atoms with Crippen molar-refractivity contribution in [2.45, 2.75) is 6.04 Å². The number of anilines is 1. The summed E-state index contributed by atoms with van der Waals surface area (Å²) in [5.74, 6) is 0.0378. The van der Waals surface area contributed by atoms with Crippen LogP contribution in [0.5, 0.6) is 0 Å². The summed E-state index contributed by atoms with van der Waals surface area (Å²) >= 11 is 0. The molecule has 1 aliphatic heterocycles. The van der Waals surface area contributed by atoms with Crippen molar-refractivity contribution in [1.82, 2.24) is 4.90 Å². The molecule has 6 heteroatoms. The lowest BCUT2D eigenvalue weighted by molar-refractivity contribution is -0.121. The molecule has 1 fully saturated rings. The number of nitrogens with one attached hydrogen (secondary N) is 1. The quantitative estimate of drug-likeness (QED) is 0.922. The first-order valence-electron chi connectivity index (χ1n) is 7.90. The Labute approximate surface area is 142 Å². The second-order valence-corrected chi connectivity index (χ2v) is 8.16. The molecule has 0 aliphatic carbocycles. The van der Waals surface area contributed by atoms with Crippen LogP contribution in [-0.2, 0) is 14.6 Å². The van der Waals surface area contributed by atoms with Gasteiger partial charge in [0, 0.05) is 18.8 Å². The van der Waals surface area contributed by atoms with Crippen molar-refractivity contribution in [1.29, 1.82) is 0 Å². The van der Waals surface area contributed by atoms with Crippen LogP contribution in [0.15, 0.2) is 60.7 Å². The number of carbonyl (C=O) groups excluding carboxylic acids is 1. The van der Waals surface area contributed by atoms with Gasteiger partial charge in [-0.25, -0.2) is 8.42 Å². The molecule has 0 aromatic heterocycles. The third-order valence-corrected chi connectivity index (χ3v) is 5.76. The Morgan fingerprint density at radius 2 is 1.46 bits per heavy atom. The van der Waals surface area contributed by atoms with Crippen LogP contribution in [0.2, 0.25) is 0 Å². The Kier molecular flexibility index (Phi) is 4.97. The summed E-state index contributed by atoms with van der Waals surface area (Å²) < 4.78 is 23.4. The van der Waals surface area contributed by atoms with Gasteiger partial charge in [0.25, 0.3) is 0 Å². The fourth-order valence-electron chi connectivity index (χ4n) is 2.88. The number of rotatable bonds is 4. The lowest BCUT2D eigenvalue weighted by atomic mass is 10.0. The molecule has 24 heavy (non-hydrogen) atoms. The Hall–Kier alpha value is -2.18. The first kappa shape index (κ1) is 16.7. The van der Waals surface area contributed by atoms with Crippen LogP contribution in [0.25, 0.3) is 0 Å². The van der Waals surface area contributed by atoms with Crippen LogP contribution in [0, 0.1) is 0 Å². The first-order chi connectivity index (χ1) is 11.6. The maximum absolute atomic E-state index is 12.9. The second-order valence-electron chi connectivity index (χ2n) is 5.86. The number of sulfone groups is 1. The van der Waals surface area contributed by atoms with Gasteiger partial charge in [-0.2, -0.15) is 0 Å². The zero-order chi connectivity index (χ0) is 17.0. The van der Waals surface area contributed by atoms with Gasteiger partial charge in [0.2, 0.25) is 5.91 Å². The topological polar surface area (TPSA) is 66.5 Å². The number of hydrogen-bond acceptors (Lipinski definition) is 4. The monoisotopic (exact) mass is 344 g/mol. The van der Waals surface area contributed by atoms with Crippen LogP contribution >= 0.6 is 0 Å². The highest BCUT2D eigenvalue weighted by Gasteiger charge is 2.32. The fraction of sp³-hybridized carbons (Fsp3) is 0.278. The fourth-order valence-corrected chi connectivity index (χ4v) is 4.11. The zero-order valence-electron chi connectivity index (χ0n) is 13.3. The van der Waals surface area contributed by atoms with E-state index in [0.717, 1.165) is 11.3 Å². The Balaban J connectivity index is 1.84. The molecule has 2 aromatic carbocycles. The second kappa shape index (κ2) is 7.15. The van der Waals surface area contributed by atoms with Crippen molar-refractivity contribution in [3.05, 3.63) is 66.2 Å². The number of hydrogen-bond donors (Lipinski definition) is 1. The lowest BCUT2D eigenvalue weighted by Gasteiger charge is -2.33. The average molecular weight is 344 g/mol. The molecular formula is C18H20N2O3S. The van der Waals surface area contributed by atoms with Crippen molar-refractivity contribution < 1.29 is 13.2 Å². The van der Waals surface area contributed by atoms with Crippen molar-refractivity contribution >= 4 is 21.4 Å². The molecule has 126 valence electrons. The molecule has 1 saturated heterocycles. The molecular weight excluding hydrogens is 324 g/mol. The van der Waals surface area contributed by atoms with E-state index in [-0.39, 0.29) is 17.4 Å². The number of amides is 1. The van der Waals surface area contributed by atoms with E-state index in [2.05, 4.69) is 5.32 Å². The zero-order valence-corrected chi connectivity index (χ0v) is 14.1. The van der Waals surface area contributed by atoms with E-state index in [1.807, 2.05) is 65.6 Å². The van der Waals surface area contributed by atoms with Gasteiger partial charge in [-0.05, 0) is 17.7 Å². The molecule has 0 unspecified atom stereocenters. The molecule has 0 spiro atoms. The average Bonchev–Trinajstić information content (AvgIpc) is 2.58. The van der Waals surface area contributed by atoms with E-state index < -0.39 is 15.9 Å². The summed E-state index contributed by atoms with van der Waals surface area (Å²) in [5, 5.41) is 2.93. The molecule has 1 N–H and O–H groups in total. The normalized spacial score (nSPS) is 18.7. The smallest absolute Gasteiger partial charge is 0.246 e. The summed E-state index contributed by atoms with van der Waals surface area (Å²) in [4.78, 5) is 14.8. The molecule has 1 aliphatic rings. The van der Waals surface area contributed by atoms with Crippen LogP contribution in [-0.4, -0.2) is 43.8 Å². The molecule has 0 saturated carbocycles. The molecule has 0 radical (unpaired) electrons. The largest absolute Gasteiger partial charge is 0.324 e. The molecule has 1 amide bonds. The maximum atomic E-state index is 12.9. The summed E-state index contributed by atoms with van der Waals surface area (Å²) in [7, 11) is -2.99. The van der Waals surface area contributed by atoms with Crippen molar-refractivity contribution in [2.75, 3.05) is 29.9 Å². The van der Waals surface area contributed by atoms with Gasteiger partial charge in [-0.1, -0.05) is 48.5 Å². The number of carbonyl (C=O) groups is 1. The highest BCUT2D eigenvalue weighted by molar-refractivity contribution is 7.91. The minimum Gasteiger partial charge on any atom is -0.324 e. The van der Waals surface area contributed by atoms with Crippen LogP contribution < -0.4 is 5.32 Å². The third-order valence-electron chi connectivity index (χ3n) is 4.15. The first-order valence-corrected chi connectivity index (χ1v) is 9.73. The lowest BCUT2D eigenvalue weighted by Crippen LogP contribution is -2.46. The van der Waals surface area contributed by atoms with Crippen molar-refractivity contribution in [2.24, 2.45) is 0 Å². The van der Waals surface area contributed by atoms with Gasteiger partial charge in [-0.15, -0.1) is 0 Å². The van der Waals surface area contributed by atoms with Gasteiger partial charge in [-0.3, -0.25) is 9.69 Å². The molecule has 1 atom stereocenters. The number of para-hydroxylation sites is 1. The minimum atomic E-state index is -2.99. The summed E-state index contributed by atoms with van der Waals surface area (Å²) in [6.45, 7) is 0.730. The predicted molar refractivity (Wildman–Crippen MR) is 94.5 cm³/mol. The van der Waals surface area contributed by atoms with E-state index in [0.29, 0.717) is 13.1 Å². The highest BCUT2D eigenvalue weighted by Crippen LogP contribution is 2.24. The third kappa shape index (κ3) is 4.01. The molecule has 2 aromatic rings. The maximum Gasteiger partial charge on any atom is 0.246 e. The summed E-state index contributed by atoms with van der Waals surface area (Å²) in [6, 6.07) is 18.3. The molecule has 0 bridgehead atoms. The number of nitrogens with zero attached hydrogens (tertiary/aromatic N) is 1. The van der Waals surface area contributed by atoms with E-state index >= 15 is 0 Å². The van der Waals surface area contributed by atoms with Gasteiger partial charge in [0.15, 0.2) is 9.84 Å². The SMILES string of the molecule is O=C(Nc1ccccc1)[C@H](c1ccccc1)N1CCS(=O)(=O)CC1. The van der Waals surface area contributed by atoms with E-state index in [9.17, 15) is 13.2 Å². The van der Waals surface area contributed by atoms with Crippen molar-refractivity contribution in [3.8, 4) is 0 Å². The van der Waals surface area contributed by atoms with E-state index in [1.54, 1.807) is 0 Å². The Morgan fingerprint density at radius 1 is 0.917 bits per heavy atom. The molecule has 3 rings (SSSR count). The summed E-state index contributed by atoms with van der Waals surface area (Å²) in [5.41, 5.74) is 1.60. The van der Waals surface area contributed by atoms with Gasteiger partial charge in [0.05, 0.1) is 11.5 Å². The minimum absolute atomic E-state index is 0.0922. The van der Waals surface area contributed by atoms with Gasteiger partial charge in [0.1, 0.15) is 6.04 Å². The predicted octanol–water partition coefficient (Wildman–Crippen LogP) is 2.10. The van der Waals surface area contributed by atoms with Crippen molar-refractivity contribution in [3.63, 3.8) is 0 Å². The van der Waals surface area contributed by atoms with Crippen LogP contribution in [0.4, 0.5) is 5.69 Å². The van der Waals surface area contributed by atoms with E-state index in [1.165, 1.54) is 0 Å². The number of benzene rings is 2. The van der Waals surface area contributed by atoms with Gasteiger partial charge < -0.3 is 5.32 Å². The van der Waals surface area contributed by atoms with Crippen LogP contribution in [0.1, 0.15) is 11.6 Å². The molecule has 5 nitrogen and oxygen atoms in total. The van der Waals surface area contributed by atoms with Gasteiger partial charge >= 0.3 is 0 Å².